The van der Waals surface area contributed by atoms with E-state index in [1.807, 2.05) is 0 Å². The van der Waals surface area contributed by atoms with Gasteiger partial charge in [-0.2, -0.15) is 0 Å². The minimum absolute atomic E-state index is 0.0360. The number of rotatable bonds is 4. The molecule has 1 aliphatic heterocycles. The Bertz CT molecular complexity index is 472. The third kappa shape index (κ3) is 3.59. The van der Waals surface area contributed by atoms with Crippen LogP contribution in [0.25, 0.3) is 0 Å². The van der Waals surface area contributed by atoms with Crippen LogP contribution in [0.4, 0.5) is 5.69 Å². The Balaban J connectivity index is 2.16. The molecule has 5 nitrogen and oxygen atoms in total. The summed E-state index contributed by atoms with van der Waals surface area (Å²) in [5.74, 6) is -1.35. The SMILES string of the molecule is CC(=O)OCC1(Cc2cc(Cl)ccc2N)OCCO1. The number of hydrogen-bond donors (Lipinski definition) is 1. The number of halogens is 1. The molecular weight excluding hydrogens is 270 g/mol. The number of carbonyl (C=O) groups excluding carboxylic acids is 1. The summed E-state index contributed by atoms with van der Waals surface area (Å²) >= 11 is 5.95. The van der Waals surface area contributed by atoms with Crippen LogP contribution in [-0.4, -0.2) is 31.6 Å². The largest absolute Gasteiger partial charge is 0.460 e. The molecule has 6 heteroatoms. The fraction of sp³-hybridized carbons (Fsp3) is 0.462. The molecule has 1 saturated heterocycles. The molecule has 0 aliphatic carbocycles. The topological polar surface area (TPSA) is 70.8 Å². The molecule has 1 aromatic rings. The first-order valence-electron chi connectivity index (χ1n) is 5.96. The number of hydrogen-bond acceptors (Lipinski definition) is 5. The lowest BCUT2D eigenvalue weighted by molar-refractivity contribution is -0.196. The van der Waals surface area contributed by atoms with Crippen molar-refractivity contribution in [3.05, 3.63) is 28.8 Å². The van der Waals surface area contributed by atoms with Crippen LogP contribution < -0.4 is 5.73 Å². The van der Waals surface area contributed by atoms with Crippen LogP contribution >= 0.6 is 11.6 Å². The van der Waals surface area contributed by atoms with Crippen molar-refractivity contribution < 1.29 is 19.0 Å². The van der Waals surface area contributed by atoms with Gasteiger partial charge in [0, 0.05) is 24.1 Å². The first kappa shape index (κ1) is 14.1. The molecule has 0 aromatic heterocycles. The Morgan fingerprint density at radius 3 is 2.79 bits per heavy atom. The molecule has 0 spiro atoms. The number of ether oxygens (including phenoxy) is 3. The van der Waals surface area contributed by atoms with E-state index in [9.17, 15) is 4.79 Å². The van der Waals surface area contributed by atoms with Crippen molar-refractivity contribution in [3.8, 4) is 0 Å². The standard InChI is InChI=1S/C13H16ClNO4/c1-9(16)17-8-13(18-4-5-19-13)7-10-6-11(14)2-3-12(10)15/h2-3,6H,4-5,7-8,15H2,1H3. The molecular formula is C13H16ClNO4. The summed E-state index contributed by atoms with van der Waals surface area (Å²) in [6.07, 6.45) is 0.382. The van der Waals surface area contributed by atoms with Crippen LogP contribution in [-0.2, 0) is 25.4 Å². The first-order valence-corrected chi connectivity index (χ1v) is 6.34. The minimum Gasteiger partial charge on any atom is -0.460 e. The lowest BCUT2D eigenvalue weighted by Crippen LogP contribution is -2.39. The number of carbonyl (C=O) groups is 1. The van der Waals surface area contributed by atoms with E-state index in [-0.39, 0.29) is 12.6 Å². The van der Waals surface area contributed by atoms with E-state index >= 15 is 0 Å². The second-order valence-corrected chi connectivity index (χ2v) is 4.84. The van der Waals surface area contributed by atoms with Gasteiger partial charge in [-0.15, -0.1) is 0 Å². The molecule has 104 valence electrons. The molecule has 2 N–H and O–H groups in total. The zero-order valence-corrected chi connectivity index (χ0v) is 11.4. The van der Waals surface area contributed by atoms with Gasteiger partial charge in [0.15, 0.2) is 0 Å². The van der Waals surface area contributed by atoms with Gasteiger partial charge in [-0.3, -0.25) is 4.79 Å². The van der Waals surface area contributed by atoms with Gasteiger partial charge < -0.3 is 19.9 Å². The lowest BCUT2D eigenvalue weighted by atomic mass is 10.0. The Morgan fingerprint density at radius 2 is 2.16 bits per heavy atom. The molecule has 1 heterocycles. The normalized spacial score (nSPS) is 17.4. The van der Waals surface area contributed by atoms with Crippen molar-refractivity contribution in [2.45, 2.75) is 19.1 Å². The molecule has 0 bridgehead atoms. The third-order valence-electron chi connectivity index (χ3n) is 2.87. The molecule has 1 fully saturated rings. The van der Waals surface area contributed by atoms with Crippen LogP contribution in [0.5, 0.6) is 0 Å². The van der Waals surface area contributed by atoms with Gasteiger partial charge in [0.1, 0.15) is 6.61 Å². The maximum absolute atomic E-state index is 10.9. The highest BCUT2D eigenvalue weighted by Gasteiger charge is 2.38. The quantitative estimate of drug-likeness (QED) is 0.674. The predicted molar refractivity (Wildman–Crippen MR) is 70.8 cm³/mol. The lowest BCUT2D eigenvalue weighted by Gasteiger charge is -2.27. The van der Waals surface area contributed by atoms with E-state index in [0.29, 0.717) is 30.3 Å². The van der Waals surface area contributed by atoms with Crippen LogP contribution in [0.2, 0.25) is 5.02 Å². The van der Waals surface area contributed by atoms with Crippen molar-refractivity contribution in [2.24, 2.45) is 0 Å². The Labute approximate surface area is 116 Å². The minimum atomic E-state index is -0.968. The molecule has 1 aromatic carbocycles. The fourth-order valence-corrected chi connectivity index (χ4v) is 2.16. The number of esters is 1. The van der Waals surface area contributed by atoms with Crippen molar-refractivity contribution in [1.29, 1.82) is 0 Å². The molecule has 0 saturated carbocycles. The van der Waals surface area contributed by atoms with Crippen molar-refractivity contribution >= 4 is 23.3 Å². The molecule has 19 heavy (non-hydrogen) atoms. The molecule has 2 rings (SSSR count). The summed E-state index contributed by atoms with van der Waals surface area (Å²) in [7, 11) is 0. The Hall–Kier alpha value is -1.30. The summed E-state index contributed by atoms with van der Waals surface area (Å²) in [5.41, 5.74) is 7.31. The molecule has 0 unspecified atom stereocenters. The molecule has 0 atom stereocenters. The monoisotopic (exact) mass is 285 g/mol. The second-order valence-electron chi connectivity index (χ2n) is 4.41. The highest BCUT2D eigenvalue weighted by molar-refractivity contribution is 6.30. The Kier molecular flexibility index (Phi) is 4.29. The maximum atomic E-state index is 10.9. The van der Waals surface area contributed by atoms with Crippen molar-refractivity contribution in [3.63, 3.8) is 0 Å². The predicted octanol–water partition coefficient (Wildman–Crippen LogP) is 1.77. The summed E-state index contributed by atoms with van der Waals surface area (Å²) in [6, 6.07) is 5.21. The summed E-state index contributed by atoms with van der Waals surface area (Å²) in [5, 5.41) is 0.588. The molecule has 0 amide bonds. The Morgan fingerprint density at radius 1 is 1.47 bits per heavy atom. The smallest absolute Gasteiger partial charge is 0.302 e. The van der Waals surface area contributed by atoms with Gasteiger partial charge in [-0.25, -0.2) is 0 Å². The van der Waals surface area contributed by atoms with Gasteiger partial charge >= 0.3 is 5.97 Å². The van der Waals surface area contributed by atoms with Crippen LogP contribution in [0.3, 0.4) is 0 Å². The first-order chi connectivity index (χ1) is 9.01. The van der Waals surface area contributed by atoms with Crippen LogP contribution in [0.1, 0.15) is 12.5 Å². The third-order valence-corrected chi connectivity index (χ3v) is 3.11. The van der Waals surface area contributed by atoms with Gasteiger partial charge in [0.05, 0.1) is 13.2 Å². The summed E-state index contributed by atoms with van der Waals surface area (Å²) in [6.45, 7) is 2.30. The summed E-state index contributed by atoms with van der Waals surface area (Å²) < 4.78 is 16.2. The summed E-state index contributed by atoms with van der Waals surface area (Å²) in [4.78, 5) is 10.9. The number of nitrogen functional groups attached to an aromatic ring is 1. The van der Waals surface area contributed by atoms with E-state index in [4.69, 9.17) is 31.5 Å². The highest BCUT2D eigenvalue weighted by Crippen LogP contribution is 2.29. The molecule has 0 radical (unpaired) electrons. The van der Waals surface area contributed by atoms with E-state index in [1.54, 1.807) is 18.2 Å². The highest BCUT2D eigenvalue weighted by atomic mass is 35.5. The second kappa shape index (κ2) is 5.77. The van der Waals surface area contributed by atoms with Crippen molar-refractivity contribution in [2.75, 3.05) is 25.6 Å². The van der Waals surface area contributed by atoms with Gasteiger partial charge in [-0.1, -0.05) is 11.6 Å². The number of benzene rings is 1. The average Bonchev–Trinajstić information content (AvgIpc) is 2.81. The number of anilines is 1. The van der Waals surface area contributed by atoms with Crippen molar-refractivity contribution in [1.82, 2.24) is 0 Å². The van der Waals surface area contributed by atoms with E-state index in [1.165, 1.54) is 6.92 Å². The van der Waals surface area contributed by atoms with Gasteiger partial charge in [0.2, 0.25) is 5.79 Å². The van der Waals surface area contributed by atoms with E-state index in [2.05, 4.69) is 0 Å². The van der Waals surface area contributed by atoms with E-state index < -0.39 is 5.79 Å². The van der Waals surface area contributed by atoms with E-state index in [0.717, 1.165) is 5.56 Å². The zero-order chi connectivity index (χ0) is 13.9. The van der Waals surface area contributed by atoms with Crippen LogP contribution in [0, 0.1) is 0 Å². The average molecular weight is 286 g/mol. The van der Waals surface area contributed by atoms with Gasteiger partial charge in [-0.05, 0) is 23.8 Å². The fourth-order valence-electron chi connectivity index (χ4n) is 1.96. The molecule has 1 aliphatic rings. The maximum Gasteiger partial charge on any atom is 0.302 e. The number of nitrogens with two attached hydrogens (primary N) is 1. The zero-order valence-electron chi connectivity index (χ0n) is 10.6. The van der Waals surface area contributed by atoms with Gasteiger partial charge in [0.25, 0.3) is 0 Å². The van der Waals surface area contributed by atoms with Crippen LogP contribution in [0.15, 0.2) is 18.2 Å².